The quantitative estimate of drug-likeness (QED) is 0.621. The molecule has 0 spiro atoms. The van der Waals surface area contributed by atoms with Crippen molar-refractivity contribution in [1.82, 2.24) is 5.32 Å². The van der Waals surface area contributed by atoms with Crippen molar-refractivity contribution in [3.05, 3.63) is 27.8 Å². The van der Waals surface area contributed by atoms with Crippen LogP contribution in [0.2, 0.25) is 0 Å². The van der Waals surface area contributed by atoms with Gasteiger partial charge in [0.1, 0.15) is 0 Å². The van der Waals surface area contributed by atoms with Crippen molar-refractivity contribution in [1.29, 1.82) is 0 Å². The first-order chi connectivity index (χ1) is 9.11. The normalized spacial score (nSPS) is 14.4. The zero-order chi connectivity index (χ0) is 13.8. The summed E-state index contributed by atoms with van der Waals surface area (Å²) in [7, 11) is 1.61. The van der Waals surface area contributed by atoms with Crippen molar-refractivity contribution >= 4 is 5.69 Å². The molecule has 1 aromatic rings. The van der Waals surface area contributed by atoms with Crippen LogP contribution in [0.4, 0.5) is 5.69 Å². The molecule has 1 aromatic carbocycles. The van der Waals surface area contributed by atoms with E-state index in [1.54, 1.807) is 13.2 Å². The Kier molecular flexibility index (Phi) is 4.18. The van der Waals surface area contributed by atoms with Crippen molar-refractivity contribution < 1.29 is 19.1 Å². The molecule has 1 aliphatic heterocycles. The molecule has 7 heteroatoms. The molecule has 2 rings (SSSR count). The zero-order valence-electron chi connectivity index (χ0n) is 10.8. The summed E-state index contributed by atoms with van der Waals surface area (Å²) < 4.78 is 15.4. The van der Waals surface area contributed by atoms with Crippen LogP contribution in [0.5, 0.6) is 11.5 Å². The third-order valence-corrected chi connectivity index (χ3v) is 2.83. The third-order valence-electron chi connectivity index (χ3n) is 2.83. The Morgan fingerprint density at radius 2 is 2.16 bits per heavy atom. The van der Waals surface area contributed by atoms with Gasteiger partial charge in [0, 0.05) is 25.3 Å². The zero-order valence-corrected chi connectivity index (χ0v) is 10.8. The summed E-state index contributed by atoms with van der Waals surface area (Å²) in [5.41, 5.74) is 0.596. The van der Waals surface area contributed by atoms with Crippen LogP contribution in [-0.2, 0) is 11.3 Å². The lowest BCUT2D eigenvalue weighted by Crippen LogP contribution is -2.29. The number of fused-ring (bicyclic) bond motifs is 1. The first kappa shape index (κ1) is 13.6. The van der Waals surface area contributed by atoms with Gasteiger partial charge in [0.05, 0.1) is 17.6 Å². The topological polar surface area (TPSA) is 82.9 Å². The van der Waals surface area contributed by atoms with Gasteiger partial charge >= 0.3 is 0 Å². The molecule has 1 aliphatic rings. The molecule has 1 atom stereocenters. The summed E-state index contributed by atoms with van der Waals surface area (Å²) >= 11 is 0. The second-order valence-electron chi connectivity index (χ2n) is 4.33. The first-order valence-corrected chi connectivity index (χ1v) is 5.91. The molecule has 7 nitrogen and oxygen atoms in total. The molecular weight excluding hydrogens is 252 g/mol. The van der Waals surface area contributed by atoms with Gasteiger partial charge in [0.2, 0.25) is 6.79 Å². The average Bonchev–Trinajstić information content (AvgIpc) is 2.82. The fourth-order valence-corrected chi connectivity index (χ4v) is 1.88. The standard InChI is InChI=1S/C12H16N2O5/c1-8(6-17-2)13-5-9-3-11-12(19-7-18-11)4-10(9)14(15)16/h3-4,8,13H,5-7H2,1-2H3/t8-/m0/s1. The molecule has 0 unspecified atom stereocenters. The second-order valence-corrected chi connectivity index (χ2v) is 4.33. The molecule has 0 radical (unpaired) electrons. The summed E-state index contributed by atoms with van der Waals surface area (Å²) in [6.07, 6.45) is 0. The van der Waals surface area contributed by atoms with E-state index in [4.69, 9.17) is 14.2 Å². The minimum atomic E-state index is -0.417. The first-order valence-electron chi connectivity index (χ1n) is 5.91. The molecule has 1 N–H and O–H groups in total. The minimum Gasteiger partial charge on any atom is -0.454 e. The lowest BCUT2D eigenvalue weighted by Gasteiger charge is -2.13. The molecule has 104 valence electrons. The van der Waals surface area contributed by atoms with Gasteiger partial charge in [-0.15, -0.1) is 0 Å². The summed E-state index contributed by atoms with van der Waals surface area (Å²) in [6, 6.07) is 3.16. The highest BCUT2D eigenvalue weighted by Gasteiger charge is 2.23. The van der Waals surface area contributed by atoms with Gasteiger partial charge < -0.3 is 19.5 Å². The summed E-state index contributed by atoms with van der Waals surface area (Å²) in [4.78, 5) is 10.6. The van der Waals surface area contributed by atoms with Gasteiger partial charge in [0.15, 0.2) is 11.5 Å². The fourth-order valence-electron chi connectivity index (χ4n) is 1.88. The van der Waals surface area contributed by atoms with Crippen LogP contribution in [0.1, 0.15) is 12.5 Å². The molecule has 1 heterocycles. The van der Waals surface area contributed by atoms with Gasteiger partial charge in [-0.2, -0.15) is 0 Å². The van der Waals surface area contributed by atoms with Crippen LogP contribution in [-0.4, -0.2) is 31.5 Å². The Labute approximate surface area is 110 Å². The van der Waals surface area contributed by atoms with Crippen LogP contribution >= 0.6 is 0 Å². The lowest BCUT2D eigenvalue weighted by molar-refractivity contribution is -0.385. The number of hydrogen-bond acceptors (Lipinski definition) is 6. The number of nitro groups is 1. The summed E-state index contributed by atoms with van der Waals surface area (Å²) in [5.74, 6) is 0.960. The van der Waals surface area contributed by atoms with E-state index in [-0.39, 0.29) is 18.5 Å². The Morgan fingerprint density at radius 3 is 2.79 bits per heavy atom. The van der Waals surface area contributed by atoms with E-state index in [9.17, 15) is 10.1 Å². The highest BCUT2D eigenvalue weighted by atomic mass is 16.7. The van der Waals surface area contributed by atoms with E-state index in [1.807, 2.05) is 6.92 Å². The number of nitro benzene ring substituents is 1. The third kappa shape index (κ3) is 3.12. The average molecular weight is 268 g/mol. The smallest absolute Gasteiger partial charge is 0.277 e. The van der Waals surface area contributed by atoms with Crippen LogP contribution in [0.3, 0.4) is 0 Å². The largest absolute Gasteiger partial charge is 0.454 e. The number of benzene rings is 1. The molecule has 19 heavy (non-hydrogen) atoms. The van der Waals surface area contributed by atoms with E-state index < -0.39 is 4.92 Å². The van der Waals surface area contributed by atoms with E-state index >= 15 is 0 Å². The highest BCUT2D eigenvalue weighted by Crippen LogP contribution is 2.37. The van der Waals surface area contributed by atoms with Gasteiger partial charge in [-0.25, -0.2) is 0 Å². The van der Waals surface area contributed by atoms with E-state index in [2.05, 4.69) is 5.32 Å². The Balaban J connectivity index is 2.16. The van der Waals surface area contributed by atoms with Crippen LogP contribution in [0.15, 0.2) is 12.1 Å². The second kappa shape index (κ2) is 5.85. The van der Waals surface area contributed by atoms with Crippen molar-refractivity contribution in [2.75, 3.05) is 20.5 Å². The lowest BCUT2D eigenvalue weighted by atomic mass is 10.1. The van der Waals surface area contributed by atoms with Crippen molar-refractivity contribution in [2.24, 2.45) is 0 Å². The maximum absolute atomic E-state index is 11.0. The Morgan fingerprint density at radius 1 is 1.47 bits per heavy atom. The summed E-state index contributed by atoms with van der Waals surface area (Å²) in [6.45, 7) is 2.96. The summed E-state index contributed by atoms with van der Waals surface area (Å²) in [5, 5.41) is 14.2. The van der Waals surface area contributed by atoms with E-state index in [1.165, 1.54) is 6.07 Å². The highest BCUT2D eigenvalue weighted by molar-refractivity contribution is 5.55. The monoisotopic (exact) mass is 268 g/mol. The SMILES string of the molecule is COC[C@H](C)NCc1cc2c(cc1[N+](=O)[O-])OCO2. The van der Waals surface area contributed by atoms with Gasteiger partial charge in [0.25, 0.3) is 5.69 Å². The predicted molar refractivity (Wildman–Crippen MR) is 67.4 cm³/mol. The number of nitrogens with one attached hydrogen (secondary N) is 1. The van der Waals surface area contributed by atoms with E-state index in [0.29, 0.717) is 30.2 Å². The Bertz CT molecular complexity index is 477. The number of ether oxygens (including phenoxy) is 3. The maximum atomic E-state index is 11.0. The van der Waals surface area contributed by atoms with Gasteiger partial charge in [-0.05, 0) is 13.0 Å². The molecule has 0 aromatic heterocycles. The molecule has 0 saturated heterocycles. The number of nitrogens with zero attached hydrogens (tertiary/aromatic N) is 1. The van der Waals surface area contributed by atoms with E-state index in [0.717, 1.165) is 0 Å². The minimum absolute atomic E-state index is 0.0290. The van der Waals surface area contributed by atoms with Crippen molar-refractivity contribution in [2.45, 2.75) is 19.5 Å². The number of hydrogen-bond donors (Lipinski definition) is 1. The fraction of sp³-hybridized carbons (Fsp3) is 0.500. The number of methoxy groups -OCH3 is 1. The number of rotatable bonds is 6. The molecular formula is C12H16N2O5. The van der Waals surface area contributed by atoms with Crippen LogP contribution in [0.25, 0.3) is 0 Å². The molecule has 0 aliphatic carbocycles. The molecule has 0 amide bonds. The van der Waals surface area contributed by atoms with Gasteiger partial charge in [-0.3, -0.25) is 10.1 Å². The van der Waals surface area contributed by atoms with Gasteiger partial charge in [-0.1, -0.05) is 0 Å². The molecule has 0 saturated carbocycles. The van der Waals surface area contributed by atoms with Crippen molar-refractivity contribution in [3.63, 3.8) is 0 Å². The van der Waals surface area contributed by atoms with Crippen LogP contribution < -0.4 is 14.8 Å². The predicted octanol–water partition coefficient (Wildman–Crippen LogP) is 1.45. The van der Waals surface area contributed by atoms with Crippen molar-refractivity contribution in [3.8, 4) is 11.5 Å². The van der Waals surface area contributed by atoms with Crippen LogP contribution in [0, 0.1) is 10.1 Å². The maximum Gasteiger partial charge on any atom is 0.277 e. The molecule has 0 fully saturated rings. The molecule has 0 bridgehead atoms. The Hall–Kier alpha value is -1.86.